The maximum absolute atomic E-state index is 5.74. The Bertz CT molecular complexity index is 335. The summed E-state index contributed by atoms with van der Waals surface area (Å²) in [5.74, 6) is 1.61. The molecule has 0 saturated carbocycles. The molecule has 0 aliphatic rings. The first-order valence-corrected chi connectivity index (χ1v) is 7.15. The largest absolute Gasteiger partial charge is 0.494 e. The fourth-order valence-corrected chi connectivity index (χ4v) is 1.83. The summed E-state index contributed by atoms with van der Waals surface area (Å²) in [6, 6.07) is 8.45. The lowest BCUT2D eigenvalue weighted by Gasteiger charge is -2.17. The average Bonchev–Trinajstić information content (AvgIpc) is 2.40. The van der Waals surface area contributed by atoms with Crippen molar-refractivity contribution in [3.05, 3.63) is 29.8 Å². The molecule has 1 aromatic carbocycles. The molecule has 1 unspecified atom stereocenters. The third kappa shape index (κ3) is 6.08. The molecule has 0 spiro atoms. The first-order valence-electron chi connectivity index (χ1n) is 7.15. The van der Waals surface area contributed by atoms with Crippen LogP contribution in [0.5, 0.6) is 5.75 Å². The second-order valence-corrected chi connectivity index (χ2v) is 5.10. The van der Waals surface area contributed by atoms with Gasteiger partial charge in [0.2, 0.25) is 0 Å². The van der Waals surface area contributed by atoms with E-state index in [0.717, 1.165) is 18.8 Å². The van der Waals surface area contributed by atoms with E-state index in [2.05, 4.69) is 31.3 Å². The Balaban J connectivity index is 2.45. The molecule has 0 radical (unpaired) electrons. The van der Waals surface area contributed by atoms with Crippen molar-refractivity contribution < 1.29 is 9.47 Å². The highest BCUT2D eigenvalue weighted by atomic mass is 16.5. The highest BCUT2D eigenvalue weighted by molar-refractivity contribution is 5.29. The summed E-state index contributed by atoms with van der Waals surface area (Å²) in [5.41, 5.74) is 1.23. The molecule has 1 aromatic rings. The van der Waals surface area contributed by atoms with E-state index < -0.39 is 0 Å². The molecule has 0 amide bonds. The molecule has 0 saturated heterocycles. The van der Waals surface area contributed by atoms with Crippen molar-refractivity contribution in [1.82, 2.24) is 5.32 Å². The van der Waals surface area contributed by atoms with Crippen LogP contribution in [0.4, 0.5) is 0 Å². The predicted molar refractivity (Wildman–Crippen MR) is 79.7 cm³/mol. The molecule has 3 nitrogen and oxygen atoms in total. The Morgan fingerprint density at radius 2 is 1.84 bits per heavy atom. The molecule has 1 N–H and O–H groups in total. The number of ether oxygens (including phenoxy) is 2. The van der Waals surface area contributed by atoms with Crippen LogP contribution in [0.3, 0.4) is 0 Å². The molecule has 0 heterocycles. The number of nitrogens with one attached hydrogen (secondary N) is 1. The minimum absolute atomic E-state index is 0.239. The van der Waals surface area contributed by atoms with E-state index in [1.54, 1.807) is 0 Å². The van der Waals surface area contributed by atoms with Gasteiger partial charge in [-0.05, 0) is 44.0 Å². The summed E-state index contributed by atoms with van der Waals surface area (Å²) in [4.78, 5) is 0. The summed E-state index contributed by atoms with van der Waals surface area (Å²) in [6.07, 6.45) is 1.11. The Morgan fingerprint density at radius 3 is 2.37 bits per heavy atom. The number of likely N-dealkylation sites (N-methyl/N-ethyl adjacent to an activating group) is 1. The molecule has 1 rings (SSSR count). The van der Waals surface area contributed by atoms with Gasteiger partial charge in [0, 0.05) is 6.61 Å². The van der Waals surface area contributed by atoms with Crippen LogP contribution in [0.15, 0.2) is 24.3 Å². The molecular formula is C16H27NO2. The summed E-state index contributed by atoms with van der Waals surface area (Å²) in [5, 5.41) is 3.29. The van der Waals surface area contributed by atoms with Gasteiger partial charge in [0.25, 0.3) is 0 Å². The Labute approximate surface area is 117 Å². The Morgan fingerprint density at radius 1 is 1.16 bits per heavy atom. The fourth-order valence-electron chi connectivity index (χ4n) is 1.83. The van der Waals surface area contributed by atoms with Crippen LogP contribution in [0.1, 0.15) is 38.8 Å². The molecule has 0 aliphatic carbocycles. The molecule has 0 fully saturated rings. The topological polar surface area (TPSA) is 30.5 Å². The lowest BCUT2D eigenvalue weighted by molar-refractivity contribution is 0.104. The summed E-state index contributed by atoms with van der Waals surface area (Å²) >= 11 is 0. The van der Waals surface area contributed by atoms with Crippen LogP contribution >= 0.6 is 0 Å². The van der Waals surface area contributed by atoms with Crippen LogP contribution in [0.25, 0.3) is 0 Å². The highest BCUT2D eigenvalue weighted by Crippen LogP contribution is 2.18. The molecular weight excluding hydrogens is 238 g/mol. The first-order chi connectivity index (χ1) is 9.17. The van der Waals surface area contributed by atoms with Crippen molar-refractivity contribution in [2.75, 3.05) is 26.9 Å². The molecule has 19 heavy (non-hydrogen) atoms. The molecule has 1 atom stereocenters. The molecule has 0 aliphatic heterocycles. The van der Waals surface area contributed by atoms with Crippen molar-refractivity contribution in [3.8, 4) is 5.75 Å². The van der Waals surface area contributed by atoms with Crippen LogP contribution < -0.4 is 10.1 Å². The Hall–Kier alpha value is -1.06. The second-order valence-electron chi connectivity index (χ2n) is 5.10. The smallest absolute Gasteiger partial charge is 0.119 e. The third-order valence-corrected chi connectivity index (χ3v) is 3.07. The van der Waals surface area contributed by atoms with Gasteiger partial charge in [-0.3, -0.25) is 0 Å². The van der Waals surface area contributed by atoms with Gasteiger partial charge in [-0.25, -0.2) is 0 Å². The van der Waals surface area contributed by atoms with Gasteiger partial charge < -0.3 is 14.8 Å². The zero-order valence-corrected chi connectivity index (χ0v) is 12.6. The number of benzene rings is 1. The molecule has 3 heteroatoms. The predicted octanol–water partition coefficient (Wildman–Crippen LogP) is 3.41. The lowest BCUT2D eigenvalue weighted by atomic mass is 10.1. The quantitative estimate of drug-likeness (QED) is 0.694. The second kappa shape index (κ2) is 8.94. The number of hydrogen-bond acceptors (Lipinski definition) is 3. The van der Waals surface area contributed by atoms with Crippen molar-refractivity contribution in [3.63, 3.8) is 0 Å². The van der Waals surface area contributed by atoms with Gasteiger partial charge in [0.05, 0.1) is 19.3 Å². The van der Waals surface area contributed by atoms with Gasteiger partial charge >= 0.3 is 0 Å². The van der Waals surface area contributed by atoms with Crippen molar-refractivity contribution in [2.45, 2.75) is 33.2 Å². The summed E-state index contributed by atoms with van der Waals surface area (Å²) in [6.45, 7) is 8.65. The van der Waals surface area contributed by atoms with Gasteiger partial charge in [-0.1, -0.05) is 26.0 Å². The van der Waals surface area contributed by atoms with Gasteiger partial charge in [0.15, 0.2) is 0 Å². The third-order valence-electron chi connectivity index (χ3n) is 3.07. The standard InChI is InChI=1S/C16H27NO2/c1-5-19-15-8-6-14(7-9-15)16(17-4)12-18-11-10-13(2)3/h6-9,13,16-17H,5,10-12H2,1-4H3. The van der Waals surface area contributed by atoms with E-state index in [-0.39, 0.29) is 6.04 Å². The van der Waals surface area contributed by atoms with Crippen molar-refractivity contribution in [1.29, 1.82) is 0 Å². The molecule has 108 valence electrons. The van der Waals surface area contributed by atoms with Gasteiger partial charge in [-0.15, -0.1) is 0 Å². The fraction of sp³-hybridized carbons (Fsp3) is 0.625. The minimum atomic E-state index is 0.239. The Kier molecular flexibility index (Phi) is 7.53. The average molecular weight is 265 g/mol. The van der Waals surface area contributed by atoms with E-state index in [9.17, 15) is 0 Å². The van der Waals surface area contributed by atoms with Crippen LogP contribution in [0, 0.1) is 5.92 Å². The minimum Gasteiger partial charge on any atom is -0.494 e. The van der Waals surface area contributed by atoms with E-state index in [0.29, 0.717) is 19.1 Å². The van der Waals surface area contributed by atoms with Crippen LogP contribution in [0.2, 0.25) is 0 Å². The number of rotatable bonds is 9. The van der Waals surface area contributed by atoms with E-state index >= 15 is 0 Å². The SMILES string of the molecule is CCOc1ccc(C(COCCC(C)C)NC)cc1. The monoisotopic (exact) mass is 265 g/mol. The maximum Gasteiger partial charge on any atom is 0.119 e. The van der Waals surface area contributed by atoms with Gasteiger partial charge in [-0.2, -0.15) is 0 Å². The normalized spacial score (nSPS) is 12.7. The van der Waals surface area contributed by atoms with Crippen LogP contribution in [-0.2, 0) is 4.74 Å². The van der Waals surface area contributed by atoms with Crippen molar-refractivity contribution >= 4 is 0 Å². The van der Waals surface area contributed by atoms with E-state index in [4.69, 9.17) is 9.47 Å². The van der Waals surface area contributed by atoms with Gasteiger partial charge in [0.1, 0.15) is 5.75 Å². The number of hydrogen-bond donors (Lipinski definition) is 1. The first kappa shape index (κ1) is 16.0. The molecule has 0 aromatic heterocycles. The zero-order valence-electron chi connectivity index (χ0n) is 12.6. The van der Waals surface area contributed by atoms with Crippen molar-refractivity contribution in [2.24, 2.45) is 5.92 Å². The van der Waals surface area contributed by atoms with Crippen LogP contribution in [-0.4, -0.2) is 26.9 Å². The summed E-state index contributed by atoms with van der Waals surface area (Å²) < 4.78 is 11.2. The molecule has 0 bridgehead atoms. The highest BCUT2D eigenvalue weighted by Gasteiger charge is 2.09. The van der Waals surface area contributed by atoms with E-state index in [1.165, 1.54) is 5.56 Å². The zero-order chi connectivity index (χ0) is 14.1. The van der Waals surface area contributed by atoms with E-state index in [1.807, 2.05) is 26.1 Å². The maximum atomic E-state index is 5.74. The lowest BCUT2D eigenvalue weighted by Crippen LogP contribution is -2.22. The summed E-state index contributed by atoms with van der Waals surface area (Å²) in [7, 11) is 1.97.